The molecule has 4 aromatic rings. The first-order valence-electron chi connectivity index (χ1n) is 16.6. The Labute approximate surface area is 258 Å². The lowest BCUT2D eigenvalue weighted by Crippen LogP contribution is -2.51. The van der Waals surface area contributed by atoms with Gasteiger partial charge in [-0.25, -0.2) is 4.98 Å². The summed E-state index contributed by atoms with van der Waals surface area (Å²) in [6.45, 7) is 2.87. The minimum Gasteiger partial charge on any atom is -0.339 e. The van der Waals surface area contributed by atoms with E-state index in [2.05, 4.69) is 64.4 Å². The van der Waals surface area contributed by atoms with Crippen molar-refractivity contribution in [3.8, 4) is 11.1 Å². The molecular formula is C36H42N4O2S. The van der Waals surface area contributed by atoms with E-state index >= 15 is 0 Å². The zero-order valence-corrected chi connectivity index (χ0v) is 26.1. The molecule has 2 bridgehead atoms. The Morgan fingerprint density at radius 1 is 0.930 bits per heavy atom. The van der Waals surface area contributed by atoms with E-state index in [1.807, 2.05) is 0 Å². The number of aromatic nitrogens is 3. The molecule has 0 spiro atoms. The number of thiazole rings is 1. The van der Waals surface area contributed by atoms with Crippen molar-refractivity contribution in [1.82, 2.24) is 15.1 Å². The van der Waals surface area contributed by atoms with Gasteiger partial charge in [0.1, 0.15) is 0 Å². The minimum atomic E-state index is 0.0341. The zero-order chi connectivity index (χ0) is 29.0. The van der Waals surface area contributed by atoms with Crippen LogP contribution in [0.25, 0.3) is 21.3 Å². The molecule has 5 aliphatic carbocycles. The third kappa shape index (κ3) is 5.32. The van der Waals surface area contributed by atoms with Crippen LogP contribution in [0.2, 0.25) is 0 Å². The van der Waals surface area contributed by atoms with Crippen LogP contribution in [-0.2, 0) is 10.2 Å². The van der Waals surface area contributed by atoms with E-state index < -0.39 is 0 Å². The summed E-state index contributed by atoms with van der Waals surface area (Å²) in [5.74, 6) is 3.16. The van der Waals surface area contributed by atoms with Crippen LogP contribution in [0.4, 0.5) is 5.69 Å². The topological polar surface area (TPSA) is 72.1 Å². The van der Waals surface area contributed by atoms with Crippen molar-refractivity contribution < 1.29 is 9.32 Å². The van der Waals surface area contributed by atoms with Crippen molar-refractivity contribution in [2.75, 3.05) is 11.4 Å². The standard InChI is InChI=1S/C36H42N4O2S/c1-24-37-30-13-12-28(22-31(30)43-24)27-8-5-9-29(21-27)40(32(41)20-25-6-3-2-4-7-25)23-35-14-17-36(18-15-35,19-16-35)34-38-33(39-42-34)26-10-11-26/h5,8-9,12-13,21-22,25-26H,2-4,6-7,10-11,14-20,23H2,1H3. The molecule has 7 heteroatoms. The molecule has 0 radical (unpaired) electrons. The first-order valence-corrected chi connectivity index (χ1v) is 17.4. The maximum absolute atomic E-state index is 14.2. The summed E-state index contributed by atoms with van der Waals surface area (Å²) in [5.41, 5.74) is 4.63. The fraction of sp³-hybridized carbons (Fsp3) is 0.556. The fourth-order valence-electron chi connectivity index (χ4n) is 8.26. The summed E-state index contributed by atoms with van der Waals surface area (Å²) in [4.78, 5) is 26.0. The summed E-state index contributed by atoms with van der Waals surface area (Å²) < 4.78 is 7.10. The Kier molecular flexibility index (Phi) is 6.92. The number of carbonyl (C=O) groups excluding carboxylic acids is 1. The maximum Gasteiger partial charge on any atom is 0.232 e. The monoisotopic (exact) mass is 594 g/mol. The van der Waals surface area contributed by atoms with E-state index in [1.165, 1.54) is 55.2 Å². The SMILES string of the molecule is Cc1nc2ccc(-c3cccc(N(CC45CCC(c6nc(C7CC7)no6)(CC4)CC5)C(=O)CC4CCCCC4)c3)cc2s1. The second-order valence-corrected chi connectivity index (χ2v) is 15.4. The van der Waals surface area contributed by atoms with E-state index in [0.29, 0.717) is 24.2 Å². The average Bonchev–Trinajstić information content (AvgIpc) is 3.64. The Bertz CT molecular complexity index is 1620. The van der Waals surface area contributed by atoms with Gasteiger partial charge in [-0.05, 0) is 118 Å². The summed E-state index contributed by atoms with van der Waals surface area (Å²) in [6, 6.07) is 15.3. The minimum absolute atomic E-state index is 0.0341. The lowest BCUT2D eigenvalue weighted by Gasteiger charge is -2.53. The van der Waals surface area contributed by atoms with Crippen LogP contribution in [0.5, 0.6) is 0 Å². The largest absolute Gasteiger partial charge is 0.339 e. The maximum atomic E-state index is 14.2. The van der Waals surface area contributed by atoms with Gasteiger partial charge >= 0.3 is 0 Å². The lowest BCUT2D eigenvalue weighted by atomic mass is 9.53. The van der Waals surface area contributed by atoms with E-state index in [4.69, 9.17) is 9.51 Å². The quantitative estimate of drug-likeness (QED) is 0.203. The van der Waals surface area contributed by atoms with E-state index in [0.717, 1.165) is 78.6 Å². The Hall–Kier alpha value is -3.06. The van der Waals surface area contributed by atoms with E-state index in [9.17, 15) is 4.79 Å². The van der Waals surface area contributed by atoms with Gasteiger partial charge in [0.05, 0.1) is 15.2 Å². The van der Waals surface area contributed by atoms with Crippen LogP contribution in [0, 0.1) is 18.3 Å². The third-order valence-electron chi connectivity index (χ3n) is 11.2. The van der Waals surface area contributed by atoms with Gasteiger partial charge in [0, 0.05) is 30.0 Å². The second kappa shape index (κ2) is 10.8. The summed E-state index contributed by atoms with van der Waals surface area (Å²) >= 11 is 1.74. The Balaban J connectivity index is 1.06. The van der Waals surface area contributed by atoms with Gasteiger partial charge in [-0.2, -0.15) is 4.98 Å². The van der Waals surface area contributed by atoms with Crippen LogP contribution >= 0.6 is 11.3 Å². The van der Waals surface area contributed by atoms with Crippen molar-refractivity contribution in [3.63, 3.8) is 0 Å². The molecule has 224 valence electrons. The molecule has 9 rings (SSSR count). The van der Waals surface area contributed by atoms with E-state index in [-0.39, 0.29) is 10.8 Å². The van der Waals surface area contributed by atoms with Gasteiger partial charge in [-0.1, -0.05) is 42.6 Å². The predicted molar refractivity (Wildman–Crippen MR) is 171 cm³/mol. The number of benzene rings is 2. The number of hydrogen-bond donors (Lipinski definition) is 0. The molecule has 5 fully saturated rings. The van der Waals surface area contributed by atoms with Crippen LogP contribution in [0.1, 0.15) is 113 Å². The van der Waals surface area contributed by atoms with Gasteiger partial charge in [0.25, 0.3) is 0 Å². The van der Waals surface area contributed by atoms with Crippen LogP contribution in [0.3, 0.4) is 0 Å². The summed E-state index contributed by atoms with van der Waals surface area (Å²) in [5, 5.41) is 5.45. The molecule has 6 nitrogen and oxygen atoms in total. The van der Waals surface area contributed by atoms with Crippen LogP contribution < -0.4 is 4.90 Å². The second-order valence-electron chi connectivity index (χ2n) is 14.2. The lowest BCUT2D eigenvalue weighted by molar-refractivity contribution is -0.120. The first-order chi connectivity index (χ1) is 21.0. The van der Waals surface area contributed by atoms with Crippen molar-refractivity contribution in [2.45, 2.75) is 108 Å². The Morgan fingerprint density at radius 3 is 2.47 bits per heavy atom. The molecule has 0 N–H and O–H groups in total. The molecule has 0 aliphatic heterocycles. The van der Waals surface area contributed by atoms with Crippen molar-refractivity contribution >= 4 is 33.1 Å². The van der Waals surface area contributed by atoms with Crippen molar-refractivity contribution in [1.29, 1.82) is 0 Å². The average molecular weight is 595 g/mol. The molecule has 2 heterocycles. The molecule has 1 amide bonds. The zero-order valence-electron chi connectivity index (χ0n) is 25.3. The number of aryl methyl sites for hydroxylation is 1. The molecule has 0 unspecified atom stereocenters. The van der Waals surface area contributed by atoms with Gasteiger partial charge in [0.2, 0.25) is 11.8 Å². The smallest absolute Gasteiger partial charge is 0.232 e. The molecule has 43 heavy (non-hydrogen) atoms. The van der Waals surface area contributed by atoms with E-state index in [1.54, 1.807) is 11.3 Å². The highest BCUT2D eigenvalue weighted by molar-refractivity contribution is 7.18. The highest BCUT2D eigenvalue weighted by atomic mass is 32.1. The molecule has 0 atom stereocenters. The van der Waals surface area contributed by atoms with Crippen molar-refractivity contribution in [3.05, 3.63) is 59.2 Å². The van der Waals surface area contributed by atoms with Gasteiger partial charge in [0.15, 0.2) is 5.82 Å². The molecule has 2 aromatic carbocycles. The number of hydrogen-bond acceptors (Lipinski definition) is 6. The fourth-order valence-corrected chi connectivity index (χ4v) is 9.13. The molecule has 5 aliphatic rings. The molecule has 5 saturated carbocycles. The number of carbonyl (C=O) groups is 1. The summed E-state index contributed by atoms with van der Waals surface area (Å²) in [7, 11) is 0. The van der Waals surface area contributed by atoms with Gasteiger partial charge in [-0.3, -0.25) is 4.79 Å². The number of anilines is 1. The number of rotatable bonds is 8. The van der Waals surface area contributed by atoms with Crippen LogP contribution in [-0.4, -0.2) is 27.6 Å². The highest BCUT2D eigenvalue weighted by Crippen LogP contribution is 2.58. The molecular weight excluding hydrogens is 552 g/mol. The summed E-state index contributed by atoms with van der Waals surface area (Å²) in [6.07, 6.45) is 15.9. The number of nitrogens with zero attached hydrogens (tertiary/aromatic N) is 4. The third-order valence-corrected chi connectivity index (χ3v) is 12.1. The number of amides is 1. The highest BCUT2D eigenvalue weighted by Gasteiger charge is 2.53. The normalized spacial score (nSPS) is 25.8. The molecule has 2 aromatic heterocycles. The van der Waals surface area contributed by atoms with Gasteiger partial charge in [-0.15, -0.1) is 11.3 Å². The number of fused-ring (bicyclic) bond motifs is 4. The Morgan fingerprint density at radius 2 is 1.70 bits per heavy atom. The van der Waals surface area contributed by atoms with Gasteiger partial charge < -0.3 is 9.42 Å². The van der Waals surface area contributed by atoms with Crippen molar-refractivity contribution in [2.24, 2.45) is 11.3 Å². The first kappa shape index (κ1) is 27.5. The predicted octanol–water partition coefficient (Wildman–Crippen LogP) is 9.13. The van der Waals surface area contributed by atoms with Crippen LogP contribution in [0.15, 0.2) is 47.0 Å². The molecule has 0 saturated heterocycles.